The second-order valence-electron chi connectivity index (χ2n) is 17.0. The Bertz CT molecular complexity index is 1280. The Labute approximate surface area is 454 Å². The summed E-state index contributed by atoms with van der Waals surface area (Å²) in [6.45, 7) is 77.6. The van der Waals surface area contributed by atoms with Crippen molar-refractivity contribution in [1.82, 2.24) is 56.0 Å². The first-order valence-corrected chi connectivity index (χ1v) is 37.2. The van der Waals surface area contributed by atoms with Crippen LogP contribution in [0.1, 0.15) is 166 Å². The fraction of sp³-hybridized carbons (Fsp3) is 0.980. The Kier molecular flexibility index (Phi) is 39.9. The molecule has 0 aliphatic rings. The number of rotatable bonds is 40. The molecule has 0 aromatic rings. The van der Waals surface area contributed by atoms with Crippen molar-refractivity contribution in [3.05, 3.63) is 0 Å². The van der Waals surface area contributed by atoms with Gasteiger partial charge in [0, 0.05) is 157 Å². The summed E-state index contributed by atoms with van der Waals surface area (Å²) in [7, 11) is -15.2. The maximum Gasteiger partial charge on any atom is 0.502 e. The van der Waals surface area contributed by atoms with Crippen molar-refractivity contribution in [2.45, 2.75) is 166 Å². The lowest BCUT2D eigenvalue weighted by Crippen LogP contribution is -2.43. The predicted octanol–water partition coefficient (Wildman–Crippen LogP) is 13.4. The highest BCUT2D eigenvalue weighted by Crippen LogP contribution is 2.88. The molecule has 0 atom stereocenters. The Balaban J connectivity index is 0. The van der Waals surface area contributed by atoms with Crippen LogP contribution in [0.5, 0.6) is 0 Å². The molecule has 0 spiro atoms. The summed E-state index contributed by atoms with van der Waals surface area (Å²) in [6.07, 6.45) is -2.08. The van der Waals surface area contributed by atoms with Crippen molar-refractivity contribution in [3.63, 3.8) is 0 Å². The van der Waals surface area contributed by atoms with Gasteiger partial charge in [-0.3, -0.25) is 0 Å². The maximum absolute atomic E-state index is 8.44. The second-order valence-corrected chi connectivity index (χ2v) is 32.0. The van der Waals surface area contributed by atoms with Crippen molar-refractivity contribution < 1.29 is 15.0 Å². The van der Waals surface area contributed by atoms with Gasteiger partial charge in [0.05, 0.1) is 0 Å². The summed E-state index contributed by atoms with van der Waals surface area (Å²) in [5, 5.41) is 15.3. The molecule has 73 heavy (non-hydrogen) atoms. The molecule has 0 aromatic carbocycles. The molecule has 0 saturated carbocycles. The number of hydrogen-bond acceptors (Lipinski definition) is 6. The quantitative estimate of drug-likeness (QED) is 0.0580. The minimum atomic E-state index is -3.75. The lowest BCUT2D eigenvalue weighted by atomic mass is 10.7. The maximum atomic E-state index is 8.44. The van der Waals surface area contributed by atoms with E-state index in [0.29, 0.717) is 0 Å². The topological polar surface area (TPSA) is 149 Å². The fourth-order valence-electron chi connectivity index (χ4n) is 10.8. The molecule has 0 saturated heterocycles. The zero-order valence-electron chi connectivity index (χ0n) is 52.1. The first-order valence-electron chi connectivity index (χ1n) is 29.2. The van der Waals surface area contributed by atoms with Gasteiger partial charge in [0.1, 0.15) is 0 Å². The number of carboxylic acid groups (broad SMARTS) is 2. The van der Waals surface area contributed by atoms with Gasteiger partial charge in [0.2, 0.25) is 36.2 Å². The highest BCUT2D eigenvalue weighted by atomic mass is 31.3. The summed E-state index contributed by atoms with van der Waals surface area (Å²) < 4.78 is 61.6. The lowest BCUT2D eigenvalue weighted by Gasteiger charge is -2.50. The summed E-state index contributed by atoms with van der Waals surface area (Å²) in [5.74, 6) is 0. The third-order valence-corrected chi connectivity index (χ3v) is 37.8. The summed E-state index contributed by atoms with van der Waals surface area (Å²) in [5.41, 5.74) is 0. The van der Waals surface area contributed by atoms with E-state index in [1.807, 2.05) is 0 Å². The Morgan fingerprint density at radius 2 is 0.342 bits per heavy atom. The summed E-state index contributed by atoms with van der Waals surface area (Å²) in [6, 6.07) is 0. The van der Waals surface area contributed by atoms with Gasteiger partial charge < -0.3 is 15.0 Å². The van der Waals surface area contributed by atoms with Crippen LogP contribution in [0.15, 0.2) is 18.1 Å². The first kappa shape index (κ1) is 75.2. The van der Waals surface area contributed by atoms with Gasteiger partial charge in [-0.05, 0) is 18.1 Å². The molecule has 0 rings (SSSR count). The Morgan fingerprint density at radius 1 is 0.274 bits per heavy atom. The van der Waals surface area contributed by atoms with Crippen molar-refractivity contribution in [3.8, 4) is 0 Å². The van der Waals surface area contributed by atoms with Gasteiger partial charge >= 0.3 is 7.87 Å². The standard InChI is InChI=1S/C48H120N16P5.CH2O3/c1-25-53(26-2)66(54(27-3)28-4,55(29-5)30-6)49-65(50-67(56(31-7)32-8,57(33-9)34-10)58(35-11)36-12,51-68(59(37-13)38-14,60(39-15)40-16)61(41-17)42-18)52-69(62(43-19)44-20,63(45-21)46-22)64(47-23)48-24;2-1(3)4/h25-48H2,1-24H3;(H2,2,3,4)/q+1;/p-1. The third-order valence-electron chi connectivity index (χ3n) is 14.3. The SMILES string of the molecule is CCN(CC)P(=N[P+](N=P(N(CC)CC)(N(CC)CC)N(CC)CC)(N=P(N(CC)CC)(N(CC)CC)N(CC)CC)N=P(N(CC)CC)(N(CC)CC)N(CC)CC)(N(CC)CC)N(CC)CC.O=C([O-])O. The van der Waals surface area contributed by atoms with Crippen LogP contribution in [0.3, 0.4) is 0 Å². The van der Waals surface area contributed by atoms with Gasteiger partial charge in [0.15, 0.2) is 0 Å². The highest BCUT2D eigenvalue weighted by Gasteiger charge is 2.60. The van der Waals surface area contributed by atoms with Crippen molar-refractivity contribution in [2.24, 2.45) is 18.1 Å². The van der Waals surface area contributed by atoms with Gasteiger partial charge in [-0.15, -0.1) is 0 Å². The molecule has 1 N–H and O–H groups in total. The first-order chi connectivity index (χ1) is 34.8. The second kappa shape index (κ2) is 38.7. The van der Waals surface area contributed by atoms with Crippen LogP contribution in [-0.4, -0.2) is 224 Å². The molecule has 19 nitrogen and oxygen atoms in total. The largest absolute Gasteiger partial charge is 0.565 e. The molecule has 0 aromatic heterocycles. The minimum Gasteiger partial charge on any atom is -0.565 e. The molecule has 0 amide bonds. The zero-order chi connectivity index (χ0) is 56.8. The Hall–Kier alpha value is 0.140. The molecular weight excluding hydrogens is 1020 g/mol. The van der Waals surface area contributed by atoms with Gasteiger partial charge in [-0.2, -0.15) is 0 Å². The van der Waals surface area contributed by atoms with E-state index < -0.39 is 44.0 Å². The molecule has 0 aliphatic heterocycles. The molecule has 0 aliphatic carbocycles. The molecule has 0 fully saturated rings. The number of carbonyl (C=O) groups is 1. The van der Waals surface area contributed by atoms with Crippen LogP contribution in [0.4, 0.5) is 4.79 Å². The number of nitrogens with zero attached hydrogens (tertiary/aromatic N) is 16. The van der Waals surface area contributed by atoms with E-state index in [2.05, 4.69) is 222 Å². The molecule has 0 heterocycles. The molecular formula is C49H121N16O3P5. The van der Waals surface area contributed by atoms with E-state index in [-0.39, 0.29) is 0 Å². The van der Waals surface area contributed by atoms with Gasteiger partial charge in [-0.1, -0.05) is 166 Å². The average Bonchev–Trinajstić information content (AvgIpc) is 3.37. The summed E-state index contributed by atoms with van der Waals surface area (Å²) in [4.78, 5) is 8.44. The average molecular weight is 1140 g/mol. The van der Waals surface area contributed by atoms with Crippen LogP contribution in [0.2, 0.25) is 0 Å². The molecule has 0 unspecified atom stereocenters. The predicted molar refractivity (Wildman–Crippen MR) is 327 cm³/mol. The smallest absolute Gasteiger partial charge is 0.502 e. The van der Waals surface area contributed by atoms with Crippen LogP contribution >= 0.6 is 37.9 Å². The van der Waals surface area contributed by atoms with E-state index in [1.165, 1.54) is 0 Å². The van der Waals surface area contributed by atoms with Crippen LogP contribution in [-0.2, 0) is 0 Å². The monoisotopic (exact) mass is 1140 g/mol. The van der Waals surface area contributed by atoms with Gasteiger partial charge in [-0.25, -0.2) is 56.0 Å². The molecule has 440 valence electrons. The van der Waals surface area contributed by atoms with Crippen LogP contribution in [0.25, 0.3) is 0 Å². The van der Waals surface area contributed by atoms with E-state index in [0.717, 1.165) is 157 Å². The van der Waals surface area contributed by atoms with E-state index in [9.17, 15) is 0 Å². The third kappa shape index (κ3) is 17.1. The van der Waals surface area contributed by atoms with Gasteiger partial charge in [0.25, 0.3) is 0 Å². The van der Waals surface area contributed by atoms with Crippen LogP contribution < -0.4 is 5.11 Å². The lowest BCUT2D eigenvalue weighted by molar-refractivity contribution is -0.275. The van der Waals surface area contributed by atoms with E-state index >= 15 is 0 Å². The molecule has 0 bridgehead atoms. The summed E-state index contributed by atoms with van der Waals surface area (Å²) >= 11 is 0. The highest BCUT2D eigenvalue weighted by molar-refractivity contribution is 7.88. The van der Waals surface area contributed by atoms with Crippen molar-refractivity contribution in [2.75, 3.05) is 157 Å². The number of hydrogen-bond donors (Lipinski definition) is 1. The molecule has 0 radical (unpaired) electrons. The van der Waals surface area contributed by atoms with Crippen LogP contribution in [0, 0.1) is 0 Å². The van der Waals surface area contributed by atoms with Crippen molar-refractivity contribution in [1.29, 1.82) is 0 Å². The van der Waals surface area contributed by atoms with E-state index in [4.69, 9.17) is 33.1 Å². The fourth-order valence-corrected chi connectivity index (χ4v) is 37.6. The zero-order valence-corrected chi connectivity index (χ0v) is 56.6. The van der Waals surface area contributed by atoms with E-state index in [1.54, 1.807) is 0 Å². The normalized spacial score (nSPS) is 13.4. The minimum absolute atomic E-state index is 0.869. The Morgan fingerprint density at radius 3 is 0.397 bits per heavy atom. The van der Waals surface area contributed by atoms with Crippen molar-refractivity contribution >= 4 is 44.0 Å². The molecule has 24 heteroatoms.